The molecule has 198 valence electrons. The molecule has 2 amide bonds. The molecule has 10 nitrogen and oxygen atoms in total. The Morgan fingerprint density at radius 1 is 1.25 bits per heavy atom. The van der Waals surface area contributed by atoms with Crippen LogP contribution >= 0.6 is 0 Å². The number of hydrogen-bond acceptors (Lipinski definition) is 8. The normalized spacial score (nSPS) is 19.7. The number of aromatic nitrogens is 1. The molecule has 36 heavy (non-hydrogen) atoms. The van der Waals surface area contributed by atoms with Crippen molar-refractivity contribution in [2.24, 2.45) is 17.0 Å². The Balaban J connectivity index is 1.42. The molecule has 2 heterocycles. The minimum absolute atomic E-state index is 0.139. The van der Waals surface area contributed by atoms with Crippen LogP contribution in [0.5, 0.6) is 5.75 Å². The topological polar surface area (TPSA) is 130 Å². The van der Waals surface area contributed by atoms with Crippen molar-refractivity contribution < 1.29 is 24.2 Å². The SMILES string of the molecule is CC(C)(C)OC(=O)N1CCC(COc2ccc(C3=CCC(C(=O)NC(CO)CN=O)CC3)nc2)CC1. The number of amides is 2. The summed E-state index contributed by atoms with van der Waals surface area (Å²) < 4.78 is 11.4. The van der Waals surface area contributed by atoms with E-state index in [1.54, 1.807) is 11.1 Å². The molecule has 2 N–H and O–H groups in total. The molecule has 0 saturated carbocycles. The van der Waals surface area contributed by atoms with Crippen LogP contribution in [0.3, 0.4) is 0 Å². The third kappa shape index (κ3) is 8.29. The number of allylic oxidation sites excluding steroid dienone is 2. The van der Waals surface area contributed by atoms with Gasteiger partial charge in [0.15, 0.2) is 0 Å². The maximum absolute atomic E-state index is 12.4. The maximum Gasteiger partial charge on any atom is 0.410 e. The lowest BCUT2D eigenvalue weighted by atomic mass is 9.87. The Labute approximate surface area is 212 Å². The van der Waals surface area contributed by atoms with Gasteiger partial charge in [-0.15, -0.1) is 0 Å². The molecule has 0 radical (unpaired) electrons. The highest BCUT2D eigenvalue weighted by molar-refractivity contribution is 5.80. The Morgan fingerprint density at radius 3 is 2.56 bits per heavy atom. The number of nitrogens with zero attached hydrogens (tertiary/aromatic N) is 3. The van der Waals surface area contributed by atoms with Gasteiger partial charge in [-0.25, -0.2) is 4.79 Å². The second kappa shape index (κ2) is 12.8. The number of likely N-dealkylation sites (tertiary alicyclic amines) is 1. The van der Waals surface area contributed by atoms with Crippen LogP contribution in [0, 0.1) is 16.7 Å². The predicted molar refractivity (Wildman–Crippen MR) is 135 cm³/mol. The van der Waals surface area contributed by atoms with Gasteiger partial charge >= 0.3 is 6.09 Å². The van der Waals surface area contributed by atoms with Gasteiger partial charge in [0.2, 0.25) is 5.91 Å². The number of nitrogens with one attached hydrogen (secondary N) is 1. The van der Waals surface area contributed by atoms with Crippen molar-refractivity contribution in [1.29, 1.82) is 0 Å². The fraction of sp³-hybridized carbons (Fsp3) is 0.654. The molecule has 0 aromatic carbocycles. The number of pyridine rings is 1. The smallest absolute Gasteiger partial charge is 0.410 e. The van der Waals surface area contributed by atoms with Gasteiger partial charge in [0.1, 0.15) is 17.9 Å². The lowest BCUT2D eigenvalue weighted by molar-refractivity contribution is -0.126. The first kappa shape index (κ1) is 27.6. The highest BCUT2D eigenvalue weighted by Gasteiger charge is 2.27. The molecule has 1 aromatic rings. The zero-order valence-corrected chi connectivity index (χ0v) is 21.4. The van der Waals surface area contributed by atoms with Crippen molar-refractivity contribution in [3.8, 4) is 5.75 Å². The van der Waals surface area contributed by atoms with Crippen LogP contribution in [-0.2, 0) is 9.53 Å². The quantitative estimate of drug-likeness (QED) is 0.494. The number of rotatable bonds is 9. The largest absolute Gasteiger partial charge is 0.492 e. The predicted octanol–water partition coefficient (Wildman–Crippen LogP) is 3.53. The minimum Gasteiger partial charge on any atom is -0.492 e. The molecule has 0 bridgehead atoms. The minimum atomic E-state index is -0.632. The number of ether oxygens (including phenoxy) is 2. The van der Waals surface area contributed by atoms with Gasteiger partial charge in [-0.05, 0) is 76.5 Å². The average Bonchev–Trinajstić information content (AvgIpc) is 2.87. The standard InChI is InChI=1S/C26H38N4O6/c1-26(2,3)36-25(33)30-12-10-18(11-13-30)17-35-22-8-9-23(27-15-22)19-4-6-20(7-5-19)24(32)29-21(16-31)14-28-34/h4,8-9,15,18,20-21,31H,5-7,10-14,16-17H2,1-3H3,(H,29,32). The van der Waals surface area contributed by atoms with Crippen LogP contribution in [-0.4, -0.2) is 71.5 Å². The summed E-state index contributed by atoms with van der Waals surface area (Å²) in [6.45, 7) is 7.08. The highest BCUT2D eigenvalue weighted by atomic mass is 16.6. The fourth-order valence-electron chi connectivity index (χ4n) is 4.34. The van der Waals surface area contributed by atoms with Gasteiger partial charge < -0.3 is 24.8 Å². The van der Waals surface area contributed by atoms with E-state index < -0.39 is 11.6 Å². The van der Waals surface area contributed by atoms with Crippen LogP contribution < -0.4 is 10.1 Å². The van der Waals surface area contributed by atoms with Crippen LogP contribution in [0.15, 0.2) is 29.6 Å². The van der Waals surface area contributed by atoms with E-state index >= 15 is 0 Å². The van der Waals surface area contributed by atoms with E-state index in [0.29, 0.717) is 44.2 Å². The molecule has 2 aliphatic rings. The van der Waals surface area contributed by atoms with E-state index in [0.717, 1.165) is 30.5 Å². The molecule has 10 heteroatoms. The molecule has 2 unspecified atom stereocenters. The van der Waals surface area contributed by atoms with Crippen LogP contribution in [0.1, 0.15) is 58.6 Å². The third-order valence-corrected chi connectivity index (χ3v) is 6.46. The first-order chi connectivity index (χ1) is 17.2. The van der Waals surface area contributed by atoms with E-state index in [1.165, 1.54) is 0 Å². The average molecular weight is 503 g/mol. The number of nitroso groups, excluding NO2 is 1. The molecule has 3 rings (SSSR count). The van der Waals surface area contributed by atoms with Gasteiger partial charge in [-0.1, -0.05) is 11.3 Å². The fourth-order valence-corrected chi connectivity index (χ4v) is 4.34. The van der Waals surface area contributed by atoms with E-state index in [2.05, 4.69) is 15.5 Å². The Hall–Kier alpha value is -3.01. The van der Waals surface area contributed by atoms with Crippen molar-refractivity contribution >= 4 is 17.6 Å². The lowest BCUT2D eigenvalue weighted by Crippen LogP contribution is -2.43. The zero-order chi connectivity index (χ0) is 26.1. The lowest BCUT2D eigenvalue weighted by Gasteiger charge is -2.33. The summed E-state index contributed by atoms with van der Waals surface area (Å²) in [5, 5.41) is 14.7. The first-order valence-electron chi connectivity index (χ1n) is 12.6. The van der Waals surface area contributed by atoms with Crippen LogP contribution in [0.4, 0.5) is 4.79 Å². The monoisotopic (exact) mass is 502 g/mol. The number of carbonyl (C=O) groups excluding carboxylic acids is 2. The van der Waals surface area contributed by atoms with E-state index in [-0.39, 0.29) is 31.1 Å². The molecular formula is C26H38N4O6. The molecule has 1 saturated heterocycles. The van der Waals surface area contributed by atoms with Crippen molar-refractivity contribution in [2.75, 3.05) is 32.8 Å². The number of hydrogen-bond donors (Lipinski definition) is 2. The second-order valence-corrected chi connectivity index (χ2v) is 10.5. The van der Waals surface area contributed by atoms with Gasteiger partial charge in [0, 0.05) is 19.0 Å². The zero-order valence-electron chi connectivity index (χ0n) is 21.4. The summed E-state index contributed by atoms with van der Waals surface area (Å²) >= 11 is 0. The van der Waals surface area contributed by atoms with E-state index in [4.69, 9.17) is 9.47 Å². The number of carbonyl (C=O) groups is 2. The number of aliphatic hydroxyl groups excluding tert-OH is 1. The van der Waals surface area contributed by atoms with Crippen LogP contribution in [0.25, 0.3) is 5.57 Å². The Kier molecular flexibility index (Phi) is 9.81. The van der Waals surface area contributed by atoms with Crippen molar-refractivity contribution in [3.63, 3.8) is 0 Å². The Bertz CT molecular complexity index is 919. The summed E-state index contributed by atoms with van der Waals surface area (Å²) in [6.07, 6.45) is 7.22. The van der Waals surface area contributed by atoms with Crippen molar-refractivity contribution in [2.45, 2.75) is 64.5 Å². The number of piperidine rings is 1. The van der Waals surface area contributed by atoms with Gasteiger partial charge in [-0.3, -0.25) is 9.78 Å². The van der Waals surface area contributed by atoms with Gasteiger partial charge in [0.25, 0.3) is 0 Å². The van der Waals surface area contributed by atoms with Crippen molar-refractivity contribution in [1.82, 2.24) is 15.2 Å². The van der Waals surface area contributed by atoms with Gasteiger partial charge in [0.05, 0.1) is 31.1 Å². The second-order valence-electron chi connectivity index (χ2n) is 10.5. The summed E-state index contributed by atoms with van der Waals surface area (Å²) in [4.78, 5) is 41.3. The molecule has 1 fully saturated rings. The summed E-state index contributed by atoms with van der Waals surface area (Å²) in [7, 11) is 0. The molecule has 0 spiro atoms. The van der Waals surface area contributed by atoms with Gasteiger partial charge in [-0.2, -0.15) is 4.91 Å². The molecule has 1 aliphatic carbocycles. The summed E-state index contributed by atoms with van der Waals surface area (Å²) in [6, 6.07) is 3.22. The first-order valence-corrected chi connectivity index (χ1v) is 12.6. The highest BCUT2D eigenvalue weighted by Crippen LogP contribution is 2.30. The molecule has 1 aliphatic heterocycles. The molecule has 2 atom stereocenters. The molecule has 1 aromatic heterocycles. The molecular weight excluding hydrogens is 464 g/mol. The number of aliphatic hydroxyl groups is 1. The van der Waals surface area contributed by atoms with E-state index in [1.807, 2.05) is 39.0 Å². The summed E-state index contributed by atoms with van der Waals surface area (Å²) in [5.74, 6) is 0.724. The van der Waals surface area contributed by atoms with Crippen LogP contribution in [0.2, 0.25) is 0 Å². The van der Waals surface area contributed by atoms with Crippen molar-refractivity contribution in [3.05, 3.63) is 35.0 Å². The Morgan fingerprint density at radius 2 is 2.00 bits per heavy atom. The van der Waals surface area contributed by atoms with E-state index in [9.17, 15) is 19.6 Å². The summed E-state index contributed by atoms with van der Waals surface area (Å²) in [5.41, 5.74) is 1.47. The maximum atomic E-state index is 12.4. The third-order valence-electron chi connectivity index (χ3n) is 6.46.